The van der Waals surface area contributed by atoms with E-state index in [1.807, 2.05) is 10.9 Å². The Morgan fingerprint density at radius 3 is 2.90 bits per heavy atom. The van der Waals surface area contributed by atoms with Gasteiger partial charge in [0, 0.05) is 24.2 Å². The molecular weight excluding hydrogens is 268 g/mol. The zero-order chi connectivity index (χ0) is 13.9. The molecular formula is C15H22N4S. The fraction of sp³-hybridized carbons (Fsp3) is 0.600. The minimum Gasteiger partial charge on any atom is -0.389 e. The Balaban J connectivity index is 1.83. The molecule has 1 aliphatic carbocycles. The van der Waals surface area contributed by atoms with Gasteiger partial charge in [-0.2, -0.15) is 5.10 Å². The van der Waals surface area contributed by atoms with Crippen molar-refractivity contribution in [3.05, 3.63) is 17.4 Å². The van der Waals surface area contributed by atoms with Crippen LogP contribution in [-0.2, 0) is 6.54 Å². The van der Waals surface area contributed by atoms with Gasteiger partial charge >= 0.3 is 0 Å². The number of rotatable bonds is 4. The van der Waals surface area contributed by atoms with E-state index in [0.717, 1.165) is 29.2 Å². The summed E-state index contributed by atoms with van der Waals surface area (Å²) in [7, 11) is 0. The minimum absolute atomic E-state index is 0.621. The molecule has 3 rings (SSSR count). The van der Waals surface area contributed by atoms with Crippen LogP contribution in [0.3, 0.4) is 0 Å². The van der Waals surface area contributed by atoms with E-state index in [9.17, 15) is 0 Å². The van der Waals surface area contributed by atoms with E-state index in [0.29, 0.717) is 5.92 Å². The molecule has 108 valence electrons. The van der Waals surface area contributed by atoms with E-state index in [4.69, 9.17) is 10.7 Å². The van der Waals surface area contributed by atoms with Gasteiger partial charge in [0.1, 0.15) is 10.7 Å². The van der Waals surface area contributed by atoms with Crippen LogP contribution in [0.15, 0.2) is 12.4 Å². The molecule has 1 fully saturated rings. The van der Waals surface area contributed by atoms with Crippen molar-refractivity contribution in [2.45, 2.75) is 57.9 Å². The van der Waals surface area contributed by atoms with Crippen molar-refractivity contribution in [2.75, 3.05) is 5.73 Å². The van der Waals surface area contributed by atoms with Crippen LogP contribution >= 0.6 is 11.3 Å². The van der Waals surface area contributed by atoms with E-state index in [1.165, 1.54) is 37.1 Å². The fourth-order valence-corrected chi connectivity index (χ4v) is 3.94. The summed E-state index contributed by atoms with van der Waals surface area (Å²) in [6, 6.07) is 0. The largest absolute Gasteiger partial charge is 0.389 e. The molecule has 4 nitrogen and oxygen atoms in total. The van der Waals surface area contributed by atoms with Crippen molar-refractivity contribution in [1.29, 1.82) is 0 Å². The highest BCUT2D eigenvalue weighted by molar-refractivity contribution is 7.16. The predicted molar refractivity (Wildman–Crippen MR) is 83.9 cm³/mol. The Morgan fingerprint density at radius 1 is 1.35 bits per heavy atom. The minimum atomic E-state index is 0.621. The molecule has 1 saturated carbocycles. The maximum Gasteiger partial charge on any atom is 0.114 e. The van der Waals surface area contributed by atoms with E-state index < -0.39 is 0 Å². The second kappa shape index (κ2) is 5.95. The first-order valence-electron chi connectivity index (χ1n) is 7.57. The third-order valence-electron chi connectivity index (χ3n) is 3.98. The molecule has 2 heterocycles. The van der Waals surface area contributed by atoms with Crippen LogP contribution < -0.4 is 5.73 Å². The molecule has 2 aromatic heterocycles. The molecule has 1 aliphatic rings. The van der Waals surface area contributed by atoms with E-state index in [2.05, 4.69) is 18.2 Å². The lowest BCUT2D eigenvalue weighted by molar-refractivity contribution is 0.442. The Labute approximate surface area is 124 Å². The van der Waals surface area contributed by atoms with Gasteiger partial charge in [0.25, 0.3) is 0 Å². The topological polar surface area (TPSA) is 56.7 Å². The van der Waals surface area contributed by atoms with Crippen LogP contribution in [0.25, 0.3) is 11.3 Å². The van der Waals surface area contributed by atoms with Gasteiger partial charge in [-0.05, 0) is 19.3 Å². The number of thiazole rings is 1. The van der Waals surface area contributed by atoms with Crippen molar-refractivity contribution >= 4 is 16.3 Å². The quantitative estimate of drug-likeness (QED) is 0.924. The first-order chi connectivity index (χ1) is 9.78. The molecule has 0 atom stereocenters. The molecule has 2 N–H and O–H groups in total. The van der Waals surface area contributed by atoms with E-state index >= 15 is 0 Å². The van der Waals surface area contributed by atoms with Gasteiger partial charge in [-0.15, -0.1) is 11.3 Å². The average molecular weight is 290 g/mol. The Bertz CT molecular complexity index is 566. The van der Waals surface area contributed by atoms with Gasteiger partial charge in [0.15, 0.2) is 0 Å². The lowest BCUT2D eigenvalue weighted by Crippen LogP contribution is -2.03. The van der Waals surface area contributed by atoms with Gasteiger partial charge in [0.2, 0.25) is 0 Å². The summed E-state index contributed by atoms with van der Waals surface area (Å²) in [5, 5.41) is 6.43. The van der Waals surface area contributed by atoms with Crippen LogP contribution in [0.2, 0.25) is 0 Å². The van der Waals surface area contributed by atoms with Gasteiger partial charge in [-0.25, -0.2) is 4.98 Å². The van der Waals surface area contributed by atoms with Gasteiger partial charge in [-0.1, -0.05) is 26.2 Å². The summed E-state index contributed by atoms with van der Waals surface area (Å²) >= 11 is 1.67. The zero-order valence-corrected chi connectivity index (χ0v) is 12.8. The van der Waals surface area contributed by atoms with Crippen molar-refractivity contribution in [3.63, 3.8) is 0 Å². The molecule has 0 amide bonds. The molecule has 0 unspecified atom stereocenters. The predicted octanol–water partition coefficient (Wildman–Crippen LogP) is 4.05. The second-order valence-corrected chi connectivity index (χ2v) is 6.65. The highest BCUT2D eigenvalue weighted by Crippen LogP contribution is 2.39. The molecule has 0 radical (unpaired) electrons. The Morgan fingerprint density at radius 2 is 2.15 bits per heavy atom. The zero-order valence-electron chi connectivity index (χ0n) is 12.0. The molecule has 2 aromatic rings. The fourth-order valence-electron chi connectivity index (χ4n) is 2.92. The number of anilines is 1. The molecule has 20 heavy (non-hydrogen) atoms. The highest BCUT2D eigenvalue weighted by Gasteiger charge is 2.21. The molecule has 0 spiro atoms. The van der Waals surface area contributed by atoms with Crippen LogP contribution in [0.5, 0.6) is 0 Å². The lowest BCUT2D eigenvalue weighted by atomic mass is 9.90. The Hall–Kier alpha value is -1.36. The lowest BCUT2D eigenvalue weighted by Gasteiger charge is -2.18. The number of nitrogen functional groups attached to an aromatic ring is 1. The maximum atomic E-state index is 6.18. The number of aryl methyl sites for hydroxylation is 1. The maximum absolute atomic E-state index is 6.18. The van der Waals surface area contributed by atoms with Crippen LogP contribution in [0, 0.1) is 0 Å². The van der Waals surface area contributed by atoms with Crippen LogP contribution in [0.1, 0.15) is 56.4 Å². The smallest absolute Gasteiger partial charge is 0.114 e. The van der Waals surface area contributed by atoms with Gasteiger partial charge in [0.05, 0.1) is 11.2 Å². The SMILES string of the molecule is CCCn1cc(-c2nc(C3CCCCC3)sc2N)cn1. The van der Waals surface area contributed by atoms with Crippen molar-refractivity contribution in [3.8, 4) is 11.3 Å². The summed E-state index contributed by atoms with van der Waals surface area (Å²) in [5.41, 5.74) is 8.16. The third kappa shape index (κ3) is 2.73. The standard InChI is InChI=1S/C15H22N4S/c1-2-8-19-10-12(9-17-19)13-14(16)20-15(18-13)11-6-4-3-5-7-11/h9-11H,2-8,16H2,1H3. The summed E-state index contributed by atoms with van der Waals surface area (Å²) in [5.74, 6) is 0.621. The normalized spacial score (nSPS) is 16.6. The van der Waals surface area contributed by atoms with Crippen molar-refractivity contribution in [1.82, 2.24) is 14.8 Å². The number of hydrogen-bond donors (Lipinski definition) is 1. The van der Waals surface area contributed by atoms with Gasteiger partial charge < -0.3 is 5.73 Å². The average Bonchev–Trinajstić information content (AvgIpc) is 3.07. The number of aromatic nitrogens is 3. The monoisotopic (exact) mass is 290 g/mol. The highest BCUT2D eigenvalue weighted by atomic mass is 32.1. The summed E-state index contributed by atoms with van der Waals surface area (Å²) < 4.78 is 1.97. The van der Waals surface area contributed by atoms with E-state index in [1.54, 1.807) is 11.3 Å². The van der Waals surface area contributed by atoms with E-state index in [-0.39, 0.29) is 0 Å². The third-order valence-corrected chi connectivity index (χ3v) is 5.03. The summed E-state index contributed by atoms with van der Waals surface area (Å²) in [4.78, 5) is 4.82. The first kappa shape index (κ1) is 13.6. The number of nitrogens with zero attached hydrogens (tertiary/aromatic N) is 3. The molecule has 5 heteroatoms. The second-order valence-electron chi connectivity index (χ2n) is 5.59. The van der Waals surface area contributed by atoms with Gasteiger partial charge in [-0.3, -0.25) is 4.68 Å². The molecule has 0 saturated heterocycles. The van der Waals surface area contributed by atoms with Crippen molar-refractivity contribution < 1.29 is 0 Å². The van der Waals surface area contributed by atoms with Crippen molar-refractivity contribution in [2.24, 2.45) is 0 Å². The summed E-state index contributed by atoms with van der Waals surface area (Å²) in [6.45, 7) is 3.10. The molecule has 0 bridgehead atoms. The first-order valence-corrected chi connectivity index (χ1v) is 8.38. The summed E-state index contributed by atoms with van der Waals surface area (Å²) in [6.07, 6.45) is 11.6. The van der Waals surface area contributed by atoms with Crippen LogP contribution in [-0.4, -0.2) is 14.8 Å². The number of nitrogens with two attached hydrogens (primary N) is 1. The molecule has 0 aliphatic heterocycles. The number of hydrogen-bond acceptors (Lipinski definition) is 4. The molecule has 0 aromatic carbocycles. The van der Waals surface area contributed by atoms with Crippen LogP contribution in [0.4, 0.5) is 5.00 Å². The Kier molecular flexibility index (Phi) is 4.05.